The zero-order chi connectivity index (χ0) is 16.4. The van der Waals surface area contributed by atoms with Crippen molar-refractivity contribution in [3.8, 4) is 23.0 Å². The van der Waals surface area contributed by atoms with Crippen LogP contribution in [0, 0.1) is 0 Å². The van der Waals surface area contributed by atoms with Gasteiger partial charge in [0.2, 0.25) is 18.6 Å². The Morgan fingerprint density at radius 3 is 2.92 bits per heavy atom. The summed E-state index contributed by atoms with van der Waals surface area (Å²) in [6.45, 7) is 0.222. The average Bonchev–Trinajstić information content (AvgIpc) is 3.33. The van der Waals surface area contributed by atoms with E-state index in [-0.39, 0.29) is 18.5 Å². The number of ether oxygens (including phenoxy) is 2. The summed E-state index contributed by atoms with van der Waals surface area (Å²) in [5.41, 5.74) is 0.758. The van der Waals surface area contributed by atoms with Crippen LogP contribution in [0.2, 0.25) is 0 Å². The molecule has 1 aromatic heterocycles. The average molecular weight is 347 g/mol. The SMILES string of the molecule is O=C(CSc1nnc(-c2ccc3c(c2)OCO3)o1)NC1CCCC1. The molecule has 1 N–H and O–H groups in total. The van der Waals surface area contributed by atoms with Gasteiger partial charge in [0.15, 0.2) is 11.5 Å². The molecule has 1 fully saturated rings. The molecule has 24 heavy (non-hydrogen) atoms. The van der Waals surface area contributed by atoms with Crippen molar-refractivity contribution < 1.29 is 18.7 Å². The summed E-state index contributed by atoms with van der Waals surface area (Å²) in [6, 6.07) is 5.77. The maximum absolute atomic E-state index is 11.9. The number of hydrogen-bond donors (Lipinski definition) is 1. The fourth-order valence-electron chi connectivity index (χ4n) is 2.88. The third-order valence-electron chi connectivity index (χ3n) is 4.07. The highest BCUT2D eigenvalue weighted by atomic mass is 32.2. The largest absolute Gasteiger partial charge is 0.454 e. The number of carbonyl (C=O) groups is 1. The Kier molecular flexibility index (Phi) is 4.29. The second-order valence-corrected chi connectivity index (χ2v) is 6.71. The zero-order valence-corrected chi connectivity index (χ0v) is 13.8. The van der Waals surface area contributed by atoms with Crippen molar-refractivity contribution in [3.05, 3.63) is 18.2 Å². The second kappa shape index (κ2) is 6.72. The lowest BCUT2D eigenvalue weighted by Gasteiger charge is -2.10. The Hall–Kier alpha value is -2.22. The van der Waals surface area contributed by atoms with Gasteiger partial charge in [-0.15, -0.1) is 10.2 Å². The van der Waals surface area contributed by atoms with E-state index in [4.69, 9.17) is 13.9 Å². The highest BCUT2D eigenvalue weighted by Crippen LogP contribution is 2.36. The molecule has 2 aliphatic rings. The van der Waals surface area contributed by atoms with Gasteiger partial charge in [0.1, 0.15) is 0 Å². The van der Waals surface area contributed by atoms with Crippen molar-refractivity contribution in [2.45, 2.75) is 36.9 Å². The molecule has 0 saturated heterocycles. The van der Waals surface area contributed by atoms with Crippen LogP contribution in [0.25, 0.3) is 11.5 Å². The Bertz CT molecular complexity index is 743. The topological polar surface area (TPSA) is 86.5 Å². The van der Waals surface area contributed by atoms with Gasteiger partial charge in [-0.2, -0.15) is 0 Å². The van der Waals surface area contributed by atoms with Gasteiger partial charge in [-0.25, -0.2) is 0 Å². The third-order valence-corrected chi connectivity index (χ3v) is 4.89. The summed E-state index contributed by atoms with van der Waals surface area (Å²) in [7, 11) is 0. The number of thioether (sulfide) groups is 1. The van der Waals surface area contributed by atoms with E-state index < -0.39 is 0 Å². The number of aromatic nitrogens is 2. The molecule has 0 radical (unpaired) electrons. The summed E-state index contributed by atoms with van der Waals surface area (Å²) >= 11 is 1.24. The molecule has 2 heterocycles. The minimum atomic E-state index is 0.00901. The molecule has 1 aromatic carbocycles. The van der Waals surface area contributed by atoms with E-state index in [9.17, 15) is 4.79 Å². The van der Waals surface area contributed by atoms with Crippen molar-refractivity contribution >= 4 is 17.7 Å². The highest BCUT2D eigenvalue weighted by molar-refractivity contribution is 7.99. The van der Waals surface area contributed by atoms with Crippen molar-refractivity contribution in [2.24, 2.45) is 0 Å². The molecule has 2 aromatic rings. The number of amides is 1. The Balaban J connectivity index is 1.35. The van der Waals surface area contributed by atoms with E-state index in [0.717, 1.165) is 18.4 Å². The maximum atomic E-state index is 11.9. The molecule has 8 heteroatoms. The number of nitrogens with zero attached hydrogens (tertiary/aromatic N) is 2. The van der Waals surface area contributed by atoms with Crippen LogP contribution in [-0.4, -0.2) is 34.7 Å². The van der Waals surface area contributed by atoms with Crippen molar-refractivity contribution in [3.63, 3.8) is 0 Å². The molecule has 126 valence electrons. The van der Waals surface area contributed by atoms with E-state index >= 15 is 0 Å². The van der Waals surface area contributed by atoms with Crippen molar-refractivity contribution in [1.29, 1.82) is 0 Å². The summed E-state index contributed by atoms with van der Waals surface area (Å²) in [6.07, 6.45) is 4.54. The molecule has 0 atom stereocenters. The number of fused-ring (bicyclic) bond motifs is 1. The van der Waals surface area contributed by atoms with Crippen molar-refractivity contribution in [2.75, 3.05) is 12.5 Å². The molecule has 1 aliphatic heterocycles. The van der Waals surface area contributed by atoms with Gasteiger partial charge < -0.3 is 19.2 Å². The van der Waals surface area contributed by atoms with Gasteiger partial charge in [-0.1, -0.05) is 24.6 Å². The van der Waals surface area contributed by atoms with Crippen LogP contribution >= 0.6 is 11.8 Å². The first kappa shape index (κ1) is 15.3. The molecule has 1 aliphatic carbocycles. The van der Waals surface area contributed by atoms with Gasteiger partial charge in [0.25, 0.3) is 5.22 Å². The van der Waals surface area contributed by atoms with Gasteiger partial charge in [0, 0.05) is 11.6 Å². The van der Waals surface area contributed by atoms with Crippen LogP contribution in [-0.2, 0) is 4.79 Å². The molecule has 0 bridgehead atoms. The van der Waals surface area contributed by atoms with Gasteiger partial charge in [-0.05, 0) is 31.0 Å². The van der Waals surface area contributed by atoms with Crippen LogP contribution in [0.4, 0.5) is 0 Å². The Labute approximate surface area is 143 Å². The molecule has 1 amide bonds. The van der Waals surface area contributed by atoms with E-state index in [1.165, 1.54) is 24.6 Å². The molecular weight excluding hydrogens is 330 g/mol. The monoisotopic (exact) mass is 347 g/mol. The lowest BCUT2D eigenvalue weighted by Crippen LogP contribution is -2.33. The van der Waals surface area contributed by atoms with E-state index in [2.05, 4.69) is 15.5 Å². The summed E-state index contributed by atoms with van der Waals surface area (Å²) in [5, 5.41) is 11.4. The van der Waals surface area contributed by atoms with Crippen LogP contribution in [0.15, 0.2) is 27.8 Å². The number of hydrogen-bond acceptors (Lipinski definition) is 7. The zero-order valence-electron chi connectivity index (χ0n) is 13.0. The van der Waals surface area contributed by atoms with Crippen LogP contribution < -0.4 is 14.8 Å². The predicted octanol–water partition coefficient (Wildman–Crippen LogP) is 2.62. The fraction of sp³-hybridized carbons (Fsp3) is 0.438. The molecule has 1 saturated carbocycles. The van der Waals surface area contributed by atoms with Crippen molar-refractivity contribution in [1.82, 2.24) is 15.5 Å². The highest BCUT2D eigenvalue weighted by Gasteiger charge is 2.19. The smallest absolute Gasteiger partial charge is 0.277 e. The minimum absolute atomic E-state index is 0.00901. The lowest BCUT2D eigenvalue weighted by atomic mass is 10.2. The Morgan fingerprint density at radius 1 is 1.21 bits per heavy atom. The van der Waals surface area contributed by atoms with Gasteiger partial charge in [0.05, 0.1) is 5.75 Å². The number of benzene rings is 1. The lowest BCUT2D eigenvalue weighted by molar-refractivity contribution is -0.119. The number of carbonyl (C=O) groups excluding carboxylic acids is 1. The third kappa shape index (κ3) is 3.33. The maximum Gasteiger partial charge on any atom is 0.277 e. The first-order chi connectivity index (χ1) is 11.8. The van der Waals surface area contributed by atoms with E-state index in [1.807, 2.05) is 12.1 Å². The van der Waals surface area contributed by atoms with Gasteiger partial charge in [-0.3, -0.25) is 4.79 Å². The second-order valence-electron chi connectivity index (χ2n) is 5.78. The normalized spacial score (nSPS) is 16.5. The summed E-state index contributed by atoms with van der Waals surface area (Å²) in [4.78, 5) is 11.9. The molecule has 0 spiro atoms. The first-order valence-corrected chi connectivity index (χ1v) is 8.92. The van der Waals surface area contributed by atoms with Crippen LogP contribution in [0.5, 0.6) is 11.5 Å². The molecular formula is C16H17N3O4S. The number of rotatable bonds is 5. The summed E-state index contributed by atoms with van der Waals surface area (Å²) < 4.78 is 16.2. The quantitative estimate of drug-likeness (QED) is 0.832. The molecule has 0 unspecified atom stereocenters. The fourth-order valence-corrected chi connectivity index (χ4v) is 3.46. The first-order valence-electron chi connectivity index (χ1n) is 7.93. The van der Waals surface area contributed by atoms with Gasteiger partial charge >= 0.3 is 0 Å². The van der Waals surface area contributed by atoms with Crippen LogP contribution in [0.3, 0.4) is 0 Å². The molecule has 7 nitrogen and oxygen atoms in total. The number of nitrogens with one attached hydrogen (secondary N) is 1. The standard InChI is InChI=1S/C16H17N3O4S/c20-14(17-11-3-1-2-4-11)8-24-16-19-18-15(23-16)10-5-6-12-13(7-10)22-9-21-12/h5-7,11H,1-4,8-9H2,(H,17,20). The van der Waals surface area contributed by atoms with Crippen LogP contribution in [0.1, 0.15) is 25.7 Å². The van der Waals surface area contributed by atoms with E-state index in [1.54, 1.807) is 6.07 Å². The predicted molar refractivity (Wildman–Crippen MR) is 87.0 cm³/mol. The molecule has 4 rings (SSSR count). The Morgan fingerprint density at radius 2 is 2.04 bits per heavy atom. The summed E-state index contributed by atoms with van der Waals surface area (Å²) in [5.74, 6) is 2.05. The van der Waals surface area contributed by atoms with E-state index in [0.29, 0.717) is 28.7 Å². The minimum Gasteiger partial charge on any atom is -0.454 e.